The highest BCUT2D eigenvalue weighted by atomic mass is 79.9. The van der Waals surface area contributed by atoms with Crippen LogP contribution in [0.3, 0.4) is 0 Å². The van der Waals surface area contributed by atoms with Gasteiger partial charge >= 0.3 is 0 Å². The van der Waals surface area contributed by atoms with Gasteiger partial charge in [-0.15, -0.1) is 0 Å². The average molecular weight is 446 g/mol. The van der Waals surface area contributed by atoms with Gasteiger partial charge in [-0.25, -0.2) is 0 Å². The van der Waals surface area contributed by atoms with Crippen LogP contribution in [0.2, 0.25) is 0 Å². The fourth-order valence-corrected chi connectivity index (χ4v) is 4.17. The molecule has 0 aromatic heterocycles. The second-order valence-corrected chi connectivity index (χ2v) is 6.56. The number of anilines is 1. The second kappa shape index (κ2) is 7.27. The summed E-state index contributed by atoms with van der Waals surface area (Å²) in [5, 5.41) is 3.38. The summed E-state index contributed by atoms with van der Waals surface area (Å²) in [5.41, 5.74) is 2.26. The summed E-state index contributed by atoms with van der Waals surface area (Å²) < 4.78 is 3.10. The number of halogens is 3. The average Bonchev–Trinajstić information content (AvgIpc) is 2.38. The van der Waals surface area contributed by atoms with Crippen LogP contribution in [0.4, 0.5) is 5.69 Å². The van der Waals surface area contributed by atoms with Crippen LogP contribution in [0.15, 0.2) is 62.0 Å². The lowest BCUT2D eigenvalue weighted by Gasteiger charge is -2.09. The molecule has 0 fully saturated rings. The van der Waals surface area contributed by atoms with Crippen molar-refractivity contribution in [3.05, 3.63) is 67.5 Å². The minimum atomic E-state index is 0.772. The van der Waals surface area contributed by atoms with Crippen LogP contribution in [-0.4, -0.2) is 6.54 Å². The van der Waals surface area contributed by atoms with Gasteiger partial charge in [0, 0.05) is 20.0 Å². The molecule has 2 aromatic carbocycles. The van der Waals surface area contributed by atoms with Crippen LogP contribution in [0, 0.1) is 0 Å². The molecule has 2 aromatic rings. The fraction of sp³-hybridized carbons (Fsp3) is 0.0667. The van der Waals surface area contributed by atoms with Crippen LogP contribution in [0.25, 0.3) is 6.08 Å². The molecule has 0 heterocycles. The smallest absolute Gasteiger partial charge is 0.0632 e. The van der Waals surface area contributed by atoms with Crippen molar-refractivity contribution >= 4 is 59.6 Å². The summed E-state index contributed by atoms with van der Waals surface area (Å²) in [6, 6.07) is 14.3. The Morgan fingerprint density at radius 1 is 0.947 bits per heavy atom. The Bertz CT molecular complexity index is 556. The Labute approximate surface area is 138 Å². The van der Waals surface area contributed by atoms with Gasteiger partial charge in [-0.3, -0.25) is 0 Å². The van der Waals surface area contributed by atoms with E-state index in [1.807, 2.05) is 30.3 Å². The van der Waals surface area contributed by atoms with Crippen molar-refractivity contribution in [1.29, 1.82) is 0 Å². The van der Waals surface area contributed by atoms with Crippen LogP contribution in [0.5, 0.6) is 0 Å². The molecule has 1 N–H and O–H groups in total. The SMILES string of the molecule is Brc1cc(Br)c(NC/C=C/c2ccccc2)c(Br)c1. The van der Waals surface area contributed by atoms with Gasteiger partial charge in [0.05, 0.1) is 5.69 Å². The normalized spacial score (nSPS) is 10.9. The molecule has 4 heteroatoms. The maximum atomic E-state index is 3.55. The topological polar surface area (TPSA) is 12.0 Å². The minimum Gasteiger partial charge on any atom is -0.380 e. The van der Waals surface area contributed by atoms with E-state index in [1.165, 1.54) is 5.56 Å². The van der Waals surface area contributed by atoms with E-state index in [4.69, 9.17) is 0 Å². The molecule has 0 aliphatic rings. The molecule has 0 bridgehead atoms. The number of hydrogen-bond donors (Lipinski definition) is 1. The van der Waals surface area contributed by atoms with Gasteiger partial charge < -0.3 is 5.32 Å². The molecular weight excluding hydrogens is 434 g/mol. The van der Waals surface area contributed by atoms with E-state index in [0.717, 1.165) is 25.7 Å². The predicted molar refractivity (Wildman–Crippen MR) is 93.5 cm³/mol. The maximum Gasteiger partial charge on any atom is 0.0632 e. The van der Waals surface area contributed by atoms with Crippen LogP contribution >= 0.6 is 47.8 Å². The van der Waals surface area contributed by atoms with Crippen molar-refractivity contribution in [2.75, 3.05) is 11.9 Å². The molecule has 98 valence electrons. The van der Waals surface area contributed by atoms with Crippen molar-refractivity contribution in [2.24, 2.45) is 0 Å². The molecule has 0 saturated heterocycles. The first-order valence-electron chi connectivity index (χ1n) is 5.77. The summed E-state index contributed by atoms with van der Waals surface area (Å²) >= 11 is 10.6. The van der Waals surface area contributed by atoms with E-state index >= 15 is 0 Å². The van der Waals surface area contributed by atoms with Gasteiger partial charge in [0.1, 0.15) is 0 Å². The van der Waals surface area contributed by atoms with Gasteiger partial charge in [-0.2, -0.15) is 0 Å². The second-order valence-electron chi connectivity index (χ2n) is 3.94. The lowest BCUT2D eigenvalue weighted by atomic mass is 10.2. The molecule has 1 nitrogen and oxygen atoms in total. The Kier molecular flexibility index (Phi) is 5.67. The quantitative estimate of drug-likeness (QED) is 0.599. The molecule has 0 aliphatic carbocycles. The van der Waals surface area contributed by atoms with Crippen molar-refractivity contribution in [2.45, 2.75) is 0 Å². The van der Waals surface area contributed by atoms with E-state index in [9.17, 15) is 0 Å². The highest BCUT2D eigenvalue weighted by Gasteiger charge is 2.05. The third-order valence-electron chi connectivity index (χ3n) is 2.51. The Balaban J connectivity index is 1.98. The molecule has 0 saturated carbocycles. The highest BCUT2D eigenvalue weighted by Crippen LogP contribution is 2.34. The summed E-state index contributed by atoms with van der Waals surface area (Å²) in [4.78, 5) is 0. The number of nitrogens with one attached hydrogen (secondary N) is 1. The van der Waals surface area contributed by atoms with Crippen molar-refractivity contribution in [1.82, 2.24) is 0 Å². The third kappa shape index (κ3) is 4.48. The molecule has 19 heavy (non-hydrogen) atoms. The zero-order valence-corrected chi connectivity index (χ0v) is 14.8. The van der Waals surface area contributed by atoms with E-state index in [0.29, 0.717) is 0 Å². The summed E-state index contributed by atoms with van der Waals surface area (Å²) in [5.74, 6) is 0. The molecule has 0 amide bonds. The lowest BCUT2D eigenvalue weighted by Crippen LogP contribution is -1.99. The summed E-state index contributed by atoms with van der Waals surface area (Å²) in [6.45, 7) is 0.772. The first-order chi connectivity index (χ1) is 9.16. The standard InChI is InChI=1S/C15H12Br3N/c16-12-9-13(17)15(14(18)10-12)19-8-4-7-11-5-2-1-3-6-11/h1-7,9-10,19H,8H2/b7-4+. The zero-order chi connectivity index (χ0) is 13.7. The lowest BCUT2D eigenvalue weighted by molar-refractivity contribution is 1.32. The third-order valence-corrected chi connectivity index (χ3v) is 4.22. The van der Waals surface area contributed by atoms with Crippen LogP contribution < -0.4 is 5.32 Å². The summed E-state index contributed by atoms with van der Waals surface area (Å²) in [7, 11) is 0. The number of hydrogen-bond acceptors (Lipinski definition) is 1. The van der Waals surface area contributed by atoms with Crippen molar-refractivity contribution in [3.8, 4) is 0 Å². The molecule has 0 unspecified atom stereocenters. The molecule has 0 radical (unpaired) electrons. The Morgan fingerprint density at radius 3 is 2.21 bits per heavy atom. The monoisotopic (exact) mass is 443 g/mol. The summed E-state index contributed by atoms with van der Waals surface area (Å²) in [6.07, 6.45) is 4.21. The van der Waals surface area contributed by atoms with Gasteiger partial charge in [0.25, 0.3) is 0 Å². The first-order valence-corrected chi connectivity index (χ1v) is 8.15. The largest absolute Gasteiger partial charge is 0.380 e. The minimum absolute atomic E-state index is 0.772. The molecule has 2 rings (SSSR count). The van der Waals surface area contributed by atoms with Gasteiger partial charge in [-0.05, 0) is 49.6 Å². The van der Waals surface area contributed by atoms with Gasteiger partial charge in [0.2, 0.25) is 0 Å². The number of benzene rings is 2. The zero-order valence-electron chi connectivity index (χ0n) is 10.0. The van der Waals surface area contributed by atoms with Crippen LogP contribution in [-0.2, 0) is 0 Å². The highest BCUT2D eigenvalue weighted by molar-refractivity contribution is 9.11. The maximum absolute atomic E-state index is 3.55. The Hall–Kier alpha value is -0.580. The molecular formula is C15H12Br3N. The number of rotatable bonds is 4. The van der Waals surface area contributed by atoms with Gasteiger partial charge in [-0.1, -0.05) is 58.4 Å². The van der Waals surface area contributed by atoms with Crippen LogP contribution in [0.1, 0.15) is 5.56 Å². The van der Waals surface area contributed by atoms with E-state index < -0.39 is 0 Å². The Morgan fingerprint density at radius 2 is 1.58 bits per heavy atom. The molecule has 0 atom stereocenters. The van der Waals surface area contributed by atoms with Gasteiger partial charge in [0.15, 0.2) is 0 Å². The van der Waals surface area contributed by atoms with E-state index in [2.05, 4.69) is 77.4 Å². The molecule has 0 spiro atoms. The molecule has 0 aliphatic heterocycles. The predicted octanol–water partition coefficient (Wildman–Crippen LogP) is 6.10. The van der Waals surface area contributed by atoms with Crippen molar-refractivity contribution in [3.63, 3.8) is 0 Å². The van der Waals surface area contributed by atoms with E-state index in [-0.39, 0.29) is 0 Å². The first kappa shape index (κ1) is 14.8. The fourth-order valence-electron chi connectivity index (χ4n) is 1.63. The van der Waals surface area contributed by atoms with Crippen molar-refractivity contribution < 1.29 is 0 Å². The van der Waals surface area contributed by atoms with E-state index in [1.54, 1.807) is 0 Å².